The number of nitrogens with zero attached hydrogens (tertiary/aromatic N) is 5. The molecule has 0 aliphatic carbocycles. The maximum absolute atomic E-state index is 12.7. The molecule has 1 aliphatic heterocycles. The van der Waals surface area contributed by atoms with Crippen molar-refractivity contribution in [1.29, 1.82) is 0 Å². The number of hydrogen-bond donors (Lipinski definition) is 1. The molecule has 3 aromatic rings. The molecule has 0 radical (unpaired) electrons. The minimum atomic E-state index is -4.38. The van der Waals surface area contributed by atoms with Gasteiger partial charge >= 0.3 is 6.18 Å². The second-order valence-corrected chi connectivity index (χ2v) is 6.95. The second kappa shape index (κ2) is 5.47. The molecule has 128 valence electrons. The standard InChI is InChI=1S/C14H15F3N6S/c1-8-5-23-13(19-8)24-12(21-23)18-4-9-2-3-11-20-10(14(15,16)17)7-22(11)6-9/h5,7,9H,2-4,6H2,1H3,(H,18,21)/t9-/m0/s1. The van der Waals surface area contributed by atoms with Gasteiger partial charge < -0.3 is 9.88 Å². The summed E-state index contributed by atoms with van der Waals surface area (Å²) in [5.41, 5.74) is 0.114. The van der Waals surface area contributed by atoms with E-state index >= 15 is 0 Å². The molecule has 1 aliphatic rings. The summed E-state index contributed by atoms with van der Waals surface area (Å²) in [5, 5.41) is 8.43. The van der Waals surface area contributed by atoms with Gasteiger partial charge in [-0.05, 0) is 19.3 Å². The second-order valence-electron chi connectivity index (χ2n) is 5.99. The molecule has 10 heteroatoms. The van der Waals surface area contributed by atoms with Crippen LogP contribution in [0.25, 0.3) is 4.96 Å². The van der Waals surface area contributed by atoms with Gasteiger partial charge in [0, 0.05) is 25.7 Å². The lowest BCUT2D eigenvalue weighted by Crippen LogP contribution is -2.25. The van der Waals surface area contributed by atoms with Crippen molar-refractivity contribution in [2.24, 2.45) is 5.92 Å². The van der Waals surface area contributed by atoms with Crippen LogP contribution in [0.5, 0.6) is 0 Å². The Morgan fingerprint density at radius 3 is 2.92 bits per heavy atom. The Kier molecular flexibility index (Phi) is 3.52. The number of fused-ring (bicyclic) bond motifs is 2. The quantitative estimate of drug-likeness (QED) is 0.784. The van der Waals surface area contributed by atoms with E-state index in [1.54, 1.807) is 9.08 Å². The van der Waals surface area contributed by atoms with Gasteiger partial charge in [-0.2, -0.15) is 13.2 Å². The summed E-state index contributed by atoms with van der Waals surface area (Å²) in [5.74, 6) is 0.757. The molecule has 24 heavy (non-hydrogen) atoms. The third kappa shape index (κ3) is 2.85. The van der Waals surface area contributed by atoms with Crippen molar-refractivity contribution in [2.75, 3.05) is 11.9 Å². The van der Waals surface area contributed by atoms with Crippen LogP contribution in [0.4, 0.5) is 18.3 Å². The van der Waals surface area contributed by atoms with Gasteiger partial charge in [-0.15, -0.1) is 5.10 Å². The molecule has 0 bridgehead atoms. The van der Waals surface area contributed by atoms with Gasteiger partial charge in [0.25, 0.3) is 0 Å². The summed E-state index contributed by atoms with van der Waals surface area (Å²) in [6.45, 7) is 3.11. The van der Waals surface area contributed by atoms with Crippen molar-refractivity contribution in [1.82, 2.24) is 24.1 Å². The Balaban J connectivity index is 1.41. The summed E-state index contributed by atoms with van der Waals surface area (Å²) >= 11 is 1.46. The van der Waals surface area contributed by atoms with Gasteiger partial charge in [-0.25, -0.2) is 14.5 Å². The van der Waals surface area contributed by atoms with E-state index < -0.39 is 11.9 Å². The van der Waals surface area contributed by atoms with Crippen LogP contribution >= 0.6 is 11.3 Å². The van der Waals surface area contributed by atoms with Crippen molar-refractivity contribution in [2.45, 2.75) is 32.5 Å². The van der Waals surface area contributed by atoms with Crippen LogP contribution in [0.15, 0.2) is 12.4 Å². The highest BCUT2D eigenvalue weighted by Gasteiger charge is 2.35. The Bertz CT molecular complexity index is 845. The number of anilines is 1. The topological polar surface area (TPSA) is 60.0 Å². The fraction of sp³-hybridized carbons (Fsp3) is 0.500. The zero-order chi connectivity index (χ0) is 16.9. The lowest BCUT2D eigenvalue weighted by atomic mass is 9.99. The van der Waals surface area contributed by atoms with Crippen LogP contribution in [0.2, 0.25) is 0 Å². The Hall–Kier alpha value is -2.10. The Morgan fingerprint density at radius 2 is 2.17 bits per heavy atom. The predicted molar refractivity (Wildman–Crippen MR) is 83.1 cm³/mol. The van der Waals surface area contributed by atoms with Crippen molar-refractivity contribution in [3.05, 3.63) is 29.6 Å². The van der Waals surface area contributed by atoms with E-state index in [-0.39, 0.29) is 5.92 Å². The minimum Gasteiger partial charge on any atom is -0.360 e. The first kappa shape index (κ1) is 15.4. The van der Waals surface area contributed by atoms with E-state index in [1.165, 1.54) is 11.3 Å². The lowest BCUT2D eigenvalue weighted by molar-refractivity contribution is -0.141. The van der Waals surface area contributed by atoms with Gasteiger partial charge in [0.1, 0.15) is 5.82 Å². The third-order valence-electron chi connectivity index (χ3n) is 4.09. The fourth-order valence-corrected chi connectivity index (χ4v) is 3.76. The number of hydrogen-bond acceptors (Lipinski definition) is 5. The van der Waals surface area contributed by atoms with Crippen LogP contribution in [0.3, 0.4) is 0 Å². The largest absolute Gasteiger partial charge is 0.434 e. The molecule has 0 unspecified atom stereocenters. The number of imidazole rings is 2. The van der Waals surface area contributed by atoms with E-state index in [4.69, 9.17) is 0 Å². The molecule has 0 saturated carbocycles. The smallest absolute Gasteiger partial charge is 0.360 e. The molecule has 0 spiro atoms. The molecule has 4 rings (SSSR count). The van der Waals surface area contributed by atoms with Gasteiger partial charge in [0.15, 0.2) is 5.69 Å². The average Bonchev–Trinajstić information content (AvgIpc) is 3.15. The van der Waals surface area contributed by atoms with E-state index in [9.17, 15) is 13.2 Å². The molecule has 4 heterocycles. The molecule has 3 aromatic heterocycles. The number of rotatable bonds is 3. The number of aromatic nitrogens is 5. The van der Waals surface area contributed by atoms with Crippen LogP contribution in [0.1, 0.15) is 23.6 Å². The zero-order valence-corrected chi connectivity index (χ0v) is 13.7. The van der Waals surface area contributed by atoms with Crippen molar-refractivity contribution in [3.63, 3.8) is 0 Å². The fourth-order valence-electron chi connectivity index (χ4n) is 2.93. The average molecular weight is 356 g/mol. The number of nitrogens with one attached hydrogen (secondary N) is 1. The maximum Gasteiger partial charge on any atom is 0.434 e. The van der Waals surface area contributed by atoms with Gasteiger partial charge in [-0.3, -0.25) is 0 Å². The van der Waals surface area contributed by atoms with E-state index in [0.29, 0.717) is 25.3 Å². The lowest BCUT2D eigenvalue weighted by Gasteiger charge is -2.23. The Morgan fingerprint density at radius 1 is 1.33 bits per heavy atom. The minimum absolute atomic E-state index is 0.241. The third-order valence-corrected chi connectivity index (χ3v) is 4.97. The van der Waals surface area contributed by atoms with E-state index in [2.05, 4.69) is 20.4 Å². The molecule has 0 fully saturated rings. The van der Waals surface area contributed by atoms with Crippen molar-refractivity contribution >= 4 is 21.4 Å². The van der Waals surface area contributed by atoms with E-state index in [1.807, 2.05) is 13.1 Å². The summed E-state index contributed by atoms with van der Waals surface area (Å²) in [4.78, 5) is 8.87. The highest BCUT2D eigenvalue weighted by molar-refractivity contribution is 7.20. The molecule has 0 amide bonds. The first-order chi connectivity index (χ1) is 11.4. The maximum atomic E-state index is 12.7. The SMILES string of the molecule is Cc1cn2nc(NC[C@@H]3CCc4nc(C(F)(F)F)cn4C3)sc2n1. The normalized spacial score (nSPS) is 18.1. The summed E-state index contributed by atoms with van der Waals surface area (Å²) < 4.78 is 41.6. The van der Waals surface area contributed by atoms with Crippen LogP contribution in [-0.2, 0) is 19.1 Å². The Labute approximate surface area is 139 Å². The predicted octanol–water partition coefficient (Wildman–Crippen LogP) is 2.99. The van der Waals surface area contributed by atoms with Crippen LogP contribution in [0, 0.1) is 12.8 Å². The monoisotopic (exact) mass is 356 g/mol. The highest BCUT2D eigenvalue weighted by atomic mass is 32.1. The summed E-state index contributed by atoms with van der Waals surface area (Å²) in [6.07, 6.45) is -0.0482. The molecule has 1 atom stereocenters. The van der Waals surface area contributed by atoms with Gasteiger partial charge in [0.2, 0.25) is 10.1 Å². The van der Waals surface area contributed by atoms with Gasteiger partial charge in [-0.1, -0.05) is 11.3 Å². The van der Waals surface area contributed by atoms with Gasteiger partial charge in [0.05, 0.1) is 11.9 Å². The number of alkyl halides is 3. The molecular formula is C14H15F3N6S. The highest BCUT2D eigenvalue weighted by Crippen LogP contribution is 2.31. The van der Waals surface area contributed by atoms with Crippen LogP contribution in [-0.4, -0.2) is 30.7 Å². The van der Waals surface area contributed by atoms with Crippen molar-refractivity contribution in [3.8, 4) is 0 Å². The first-order valence-electron chi connectivity index (χ1n) is 7.58. The molecule has 0 saturated heterocycles. The van der Waals surface area contributed by atoms with Crippen LogP contribution < -0.4 is 5.32 Å². The summed E-state index contributed by atoms with van der Waals surface area (Å²) in [7, 11) is 0. The molecular weight excluding hydrogens is 341 g/mol. The first-order valence-corrected chi connectivity index (χ1v) is 8.40. The van der Waals surface area contributed by atoms with E-state index in [0.717, 1.165) is 28.4 Å². The number of halogens is 3. The molecule has 1 N–H and O–H groups in total. The number of aryl methyl sites for hydroxylation is 2. The molecule has 0 aromatic carbocycles. The molecule has 6 nitrogen and oxygen atoms in total. The van der Waals surface area contributed by atoms with Crippen molar-refractivity contribution < 1.29 is 13.2 Å². The summed E-state index contributed by atoms with van der Waals surface area (Å²) in [6, 6.07) is 0. The zero-order valence-electron chi connectivity index (χ0n) is 12.8.